The van der Waals surface area contributed by atoms with Crippen LogP contribution in [0.4, 0.5) is 5.69 Å². The highest BCUT2D eigenvalue weighted by Crippen LogP contribution is 2.21. The molecular formula is C26H24N6O2. The number of hydrogen-bond acceptors (Lipinski definition) is 5. The number of carbonyl (C=O) groups is 1. The van der Waals surface area contributed by atoms with E-state index in [-0.39, 0.29) is 18.1 Å². The number of carbonyl (C=O) groups excluding carboxylic acids is 1. The van der Waals surface area contributed by atoms with Crippen LogP contribution in [0.5, 0.6) is 0 Å². The molecule has 170 valence electrons. The summed E-state index contributed by atoms with van der Waals surface area (Å²) in [7, 11) is 0. The summed E-state index contributed by atoms with van der Waals surface area (Å²) >= 11 is 0. The molecule has 8 heteroatoms. The lowest BCUT2D eigenvalue weighted by atomic mass is 10.00. The van der Waals surface area contributed by atoms with E-state index in [4.69, 9.17) is 6.57 Å². The number of nitrogens with one attached hydrogen (secondary N) is 1. The van der Waals surface area contributed by atoms with Crippen LogP contribution in [0.2, 0.25) is 0 Å². The molecule has 0 bridgehead atoms. The first-order valence-corrected chi connectivity index (χ1v) is 11.2. The van der Waals surface area contributed by atoms with Crippen molar-refractivity contribution in [1.82, 2.24) is 24.6 Å². The van der Waals surface area contributed by atoms with Crippen molar-refractivity contribution < 1.29 is 9.90 Å². The van der Waals surface area contributed by atoms with E-state index in [1.807, 2.05) is 18.2 Å². The number of aromatic nitrogens is 3. The molecule has 5 rings (SSSR count). The minimum atomic E-state index is -0.669. The molecule has 1 aliphatic heterocycles. The van der Waals surface area contributed by atoms with Crippen LogP contribution in [0.1, 0.15) is 21.6 Å². The molecule has 2 N–H and O–H groups in total. The van der Waals surface area contributed by atoms with Gasteiger partial charge in [-0.1, -0.05) is 48.5 Å². The molecule has 0 unspecified atom stereocenters. The monoisotopic (exact) mass is 452 g/mol. The normalized spacial score (nSPS) is 14.4. The number of hydrogen-bond donors (Lipinski definition) is 2. The van der Waals surface area contributed by atoms with Gasteiger partial charge in [-0.25, -0.2) is 9.83 Å². The van der Waals surface area contributed by atoms with Crippen molar-refractivity contribution in [2.45, 2.75) is 19.1 Å². The number of aliphatic hydroxyl groups excluding tert-OH is 1. The second-order valence-electron chi connectivity index (χ2n) is 8.44. The van der Waals surface area contributed by atoms with Crippen molar-refractivity contribution in [2.24, 2.45) is 0 Å². The van der Waals surface area contributed by atoms with Gasteiger partial charge >= 0.3 is 0 Å². The van der Waals surface area contributed by atoms with Crippen molar-refractivity contribution in [2.75, 3.05) is 19.6 Å². The fourth-order valence-corrected chi connectivity index (χ4v) is 4.24. The first kappa shape index (κ1) is 21.8. The molecule has 1 aliphatic rings. The zero-order valence-corrected chi connectivity index (χ0v) is 18.6. The van der Waals surface area contributed by atoms with E-state index in [0.29, 0.717) is 23.6 Å². The van der Waals surface area contributed by atoms with Gasteiger partial charge in [0.15, 0.2) is 11.3 Å². The lowest BCUT2D eigenvalue weighted by Gasteiger charge is -2.30. The molecular weight excluding hydrogens is 428 g/mol. The quantitative estimate of drug-likeness (QED) is 0.439. The maximum atomic E-state index is 12.6. The molecule has 0 spiro atoms. The molecule has 4 aromatic rings. The molecule has 0 saturated carbocycles. The number of β-amino-alcohol motifs (C(OH)–C–C–N with tert-alkyl or cyclic N) is 1. The Morgan fingerprint density at radius 3 is 2.74 bits per heavy atom. The Hall–Kier alpha value is -4.06. The molecule has 3 heterocycles. The summed E-state index contributed by atoms with van der Waals surface area (Å²) in [4.78, 5) is 27.0. The minimum Gasteiger partial charge on any atom is -0.390 e. The third-order valence-electron chi connectivity index (χ3n) is 6.04. The molecule has 8 nitrogen and oxygen atoms in total. The Labute approximate surface area is 197 Å². The molecule has 0 radical (unpaired) electrons. The maximum absolute atomic E-state index is 12.6. The van der Waals surface area contributed by atoms with E-state index < -0.39 is 6.10 Å². The second kappa shape index (κ2) is 9.43. The van der Waals surface area contributed by atoms with E-state index in [1.54, 1.807) is 35.1 Å². The van der Waals surface area contributed by atoms with Gasteiger partial charge in [-0.15, -0.1) is 0 Å². The first-order chi connectivity index (χ1) is 16.6. The van der Waals surface area contributed by atoms with Crippen LogP contribution in [0.3, 0.4) is 0 Å². The Morgan fingerprint density at radius 2 is 1.94 bits per heavy atom. The zero-order chi connectivity index (χ0) is 23.5. The molecule has 34 heavy (non-hydrogen) atoms. The Balaban J connectivity index is 1.19. The molecule has 2 aromatic heterocycles. The average Bonchev–Trinajstić information content (AvgIpc) is 3.31. The van der Waals surface area contributed by atoms with Crippen LogP contribution in [-0.4, -0.2) is 56.0 Å². The van der Waals surface area contributed by atoms with Gasteiger partial charge in [-0.3, -0.25) is 14.7 Å². The average molecular weight is 453 g/mol. The summed E-state index contributed by atoms with van der Waals surface area (Å²) in [6.07, 6.45) is 5.36. The van der Waals surface area contributed by atoms with Crippen LogP contribution in [0, 0.1) is 6.57 Å². The summed E-state index contributed by atoms with van der Waals surface area (Å²) in [5.41, 5.74) is 5.64. The number of amides is 1. The van der Waals surface area contributed by atoms with Crippen LogP contribution in [0.25, 0.3) is 21.7 Å². The van der Waals surface area contributed by atoms with Crippen LogP contribution < -0.4 is 5.32 Å². The number of benzene rings is 2. The van der Waals surface area contributed by atoms with Gasteiger partial charge in [0.05, 0.1) is 24.6 Å². The number of imidazole rings is 1. The number of rotatable bonds is 6. The topological polar surface area (TPSA) is 87.1 Å². The standard InChI is InChI=1S/C26H24N6O2/c1-27-21-8-6-19(7-9-21)23-16-32-17-24(30-25(32)13-28-23)26(34)29-12-22(33)15-31-11-10-18-4-2-3-5-20(18)14-31/h2-9,13,16-17,22,33H,10-12,14-15H2,(H,29,34)/t22-/m0/s1. The van der Waals surface area contributed by atoms with E-state index >= 15 is 0 Å². The van der Waals surface area contributed by atoms with Crippen molar-refractivity contribution in [3.8, 4) is 11.3 Å². The molecule has 1 atom stereocenters. The highest BCUT2D eigenvalue weighted by Gasteiger charge is 2.19. The van der Waals surface area contributed by atoms with Crippen molar-refractivity contribution in [3.05, 3.63) is 95.4 Å². The third kappa shape index (κ3) is 4.66. The molecule has 2 aromatic carbocycles. The molecule has 0 saturated heterocycles. The molecule has 0 aliphatic carbocycles. The highest BCUT2D eigenvalue weighted by atomic mass is 16.3. The summed E-state index contributed by atoms with van der Waals surface area (Å²) < 4.78 is 1.75. The van der Waals surface area contributed by atoms with E-state index in [9.17, 15) is 9.90 Å². The molecule has 1 amide bonds. The SMILES string of the molecule is [C-]#[N+]c1ccc(-c2cn3cc(C(=O)NC[C@H](O)CN4CCc5ccccc5C4)nc3cn2)cc1. The zero-order valence-electron chi connectivity index (χ0n) is 18.6. The number of fused-ring (bicyclic) bond motifs is 2. The van der Waals surface area contributed by atoms with Gasteiger partial charge < -0.3 is 14.8 Å². The Bertz CT molecular complexity index is 1370. The van der Waals surface area contributed by atoms with Gasteiger partial charge in [-0.05, 0) is 23.1 Å². The summed E-state index contributed by atoms with van der Waals surface area (Å²) in [5.74, 6) is -0.338. The van der Waals surface area contributed by atoms with Gasteiger partial charge in [0, 0.05) is 38.6 Å². The minimum absolute atomic E-state index is 0.155. The Kier molecular flexibility index (Phi) is 6.04. The number of aliphatic hydroxyl groups is 1. The third-order valence-corrected chi connectivity index (χ3v) is 6.04. The van der Waals surface area contributed by atoms with Gasteiger partial charge in [0.25, 0.3) is 5.91 Å². The first-order valence-electron chi connectivity index (χ1n) is 11.2. The summed E-state index contributed by atoms with van der Waals surface area (Å²) in [5, 5.41) is 13.3. The summed E-state index contributed by atoms with van der Waals surface area (Å²) in [6.45, 7) is 9.42. The van der Waals surface area contributed by atoms with Gasteiger partial charge in [0.2, 0.25) is 0 Å². The van der Waals surface area contributed by atoms with Crippen molar-refractivity contribution in [3.63, 3.8) is 0 Å². The van der Waals surface area contributed by atoms with E-state index in [1.165, 1.54) is 11.1 Å². The maximum Gasteiger partial charge on any atom is 0.271 e. The smallest absolute Gasteiger partial charge is 0.271 e. The lowest BCUT2D eigenvalue weighted by Crippen LogP contribution is -2.42. The van der Waals surface area contributed by atoms with Gasteiger partial charge in [-0.2, -0.15) is 0 Å². The fourth-order valence-electron chi connectivity index (χ4n) is 4.24. The highest BCUT2D eigenvalue weighted by molar-refractivity contribution is 5.92. The fraction of sp³-hybridized carbons (Fsp3) is 0.231. The second-order valence-corrected chi connectivity index (χ2v) is 8.44. The van der Waals surface area contributed by atoms with E-state index in [2.05, 4.69) is 43.2 Å². The predicted molar refractivity (Wildman–Crippen MR) is 128 cm³/mol. The molecule has 0 fully saturated rings. The van der Waals surface area contributed by atoms with Crippen LogP contribution in [-0.2, 0) is 13.0 Å². The van der Waals surface area contributed by atoms with Crippen LogP contribution >= 0.6 is 0 Å². The largest absolute Gasteiger partial charge is 0.390 e. The van der Waals surface area contributed by atoms with Crippen molar-refractivity contribution in [1.29, 1.82) is 0 Å². The van der Waals surface area contributed by atoms with E-state index in [0.717, 1.165) is 25.1 Å². The summed E-state index contributed by atoms with van der Waals surface area (Å²) in [6, 6.07) is 15.6. The predicted octanol–water partition coefficient (Wildman–Crippen LogP) is 3.10. The van der Waals surface area contributed by atoms with Crippen LogP contribution in [0.15, 0.2) is 67.1 Å². The number of nitrogens with zero attached hydrogens (tertiary/aromatic N) is 5. The van der Waals surface area contributed by atoms with Gasteiger partial charge in [0.1, 0.15) is 5.69 Å². The van der Waals surface area contributed by atoms with Crippen molar-refractivity contribution >= 4 is 17.2 Å². The lowest BCUT2D eigenvalue weighted by molar-refractivity contribution is 0.0838. The Morgan fingerprint density at radius 1 is 1.15 bits per heavy atom.